The van der Waals surface area contributed by atoms with E-state index >= 15 is 0 Å². The summed E-state index contributed by atoms with van der Waals surface area (Å²) < 4.78 is 123. The standard InChI is InChI=1S/C20H23N5O11S4/c1-37(26,27)21-9-3-6-18-23-19(11-13-10-16(39(31,32)33)7-8-17(13)40(34,35)36)25-20(24-18)22-14-4-2-5-15(12-14)38(28,29)30/h2,4-5,7-8,10,12,21H,3,6,9,11H2,1H3,(H,28,29,30)(H,31,32,33)(H,34,35,36)(H,22,23,24,25). The Morgan fingerprint density at radius 1 is 0.750 bits per heavy atom. The molecule has 0 aliphatic carbocycles. The summed E-state index contributed by atoms with van der Waals surface area (Å²) in [6.07, 6.45) is 0.816. The number of aryl methyl sites for hydroxylation is 1. The molecule has 2 aromatic carbocycles. The predicted molar refractivity (Wildman–Crippen MR) is 139 cm³/mol. The molecule has 16 nitrogen and oxygen atoms in total. The molecule has 0 bridgehead atoms. The van der Waals surface area contributed by atoms with Gasteiger partial charge in [0.1, 0.15) is 11.6 Å². The lowest BCUT2D eigenvalue weighted by Crippen LogP contribution is -2.23. The van der Waals surface area contributed by atoms with E-state index in [-0.39, 0.29) is 48.2 Å². The lowest BCUT2D eigenvalue weighted by Gasteiger charge is -2.12. The molecule has 20 heteroatoms. The molecular formula is C20H23N5O11S4. The van der Waals surface area contributed by atoms with Crippen LogP contribution in [0.1, 0.15) is 23.6 Å². The van der Waals surface area contributed by atoms with Crippen molar-refractivity contribution in [2.24, 2.45) is 0 Å². The van der Waals surface area contributed by atoms with Crippen LogP contribution in [0.2, 0.25) is 0 Å². The molecule has 0 saturated heterocycles. The van der Waals surface area contributed by atoms with E-state index in [1.807, 2.05) is 0 Å². The van der Waals surface area contributed by atoms with E-state index in [9.17, 15) is 47.3 Å². The molecule has 3 rings (SSSR count). The molecule has 0 amide bonds. The monoisotopic (exact) mass is 637 g/mol. The Morgan fingerprint density at radius 3 is 1.98 bits per heavy atom. The molecule has 0 unspecified atom stereocenters. The van der Waals surface area contributed by atoms with E-state index in [0.717, 1.165) is 36.6 Å². The topological polar surface area (TPSA) is 260 Å². The second kappa shape index (κ2) is 11.8. The minimum Gasteiger partial charge on any atom is -0.324 e. The number of sulfonamides is 1. The summed E-state index contributed by atoms with van der Waals surface area (Å²) >= 11 is 0. The lowest BCUT2D eigenvalue weighted by molar-refractivity contribution is 0.477. The van der Waals surface area contributed by atoms with E-state index in [0.29, 0.717) is 0 Å². The van der Waals surface area contributed by atoms with Gasteiger partial charge in [0.15, 0.2) is 0 Å². The third kappa shape index (κ3) is 9.23. The number of anilines is 2. The summed E-state index contributed by atoms with van der Waals surface area (Å²) in [6, 6.07) is 7.36. The molecule has 0 saturated carbocycles. The van der Waals surface area contributed by atoms with Crippen molar-refractivity contribution in [2.75, 3.05) is 18.1 Å². The molecule has 1 aromatic heterocycles. The van der Waals surface area contributed by atoms with E-state index < -0.39 is 61.5 Å². The highest BCUT2D eigenvalue weighted by molar-refractivity contribution is 7.88. The third-order valence-corrected chi connectivity index (χ3v) is 8.40. The SMILES string of the molecule is CS(=O)(=O)NCCCc1nc(Cc2cc(S(=O)(=O)O)ccc2S(=O)(=O)O)nc(Nc2cccc(S(=O)(=O)O)c2)n1. The van der Waals surface area contributed by atoms with E-state index in [1.165, 1.54) is 12.1 Å². The zero-order chi connectivity index (χ0) is 29.9. The Morgan fingerprint density at radius 2 is 1.38 bits per heavy atom. The zero-order valence-electron chi connectivity index (χ0n) is 20.5. The molecule has 3 aromatic rings. The maximum atomic E-state index is 11.9. The molecule has 40 heavy (non-hydrogen) atoms. The van der Waals surface area contributed by atoms with Crippen LogP contribution in [0.5, 0.6) is 0 Å². The lowest BCUT2D eigenvalue weighted by atomic mass is 10.1. The highest BCUT2D eigenvalue weighted by Gasteiger charge is 2.21. The number of benzene rings is 2. The summed E-state index contributed by atoms with van der Waals surface area (Å²) in [7, 11) is -17.6. The fourth-order valence-corrected chi connectivity index (χ4v) is 5.63. The second-order valence-electron chi connectivity index (χ2n) is 8.29. The van der Waals surface area contributed by atoms with Crippen molar-refractivity contribution in [3.8, 4) is 0 Å². The van der Waals surface area contributed by atoms with Crippen molar-refractivity contribution < 1.29 is 47.3 Å². The van der Waals surface area contributed by atoms with Crippen molar-refractivity contribution in [3.63, 3.8) is 0 Å². The van der Waals surface area contributed by atoms with Crippen LogP contribution in [0.15, 0.2) is 57.2 Å². The number of nitrogens with zero attached hydrogens (tertiary/aromatic N) is 3. The fourth-order valence-electron chi connectivity index (χ4n) is 3.36. The van der Waals surface area contributed by atoms with Crippen LogP contribution in [-0.2, 0) is 53.2 Å². The van der Waals surface area contributed by atoms with Crippen molar-refractivity contribution >= 4 is 52.0 Å². The highest BCUT2D eigenvalue weighted by Crippen LogP contribution is 2.24. The van der Waals surface area contributed by atoms with E-state index in [2.05, 4.69) is 25.0 Å². The Balaban J connectivity index is 2.05. The maximum absolute atomic E-state index is 11.9. The quantitative estimate of drug-likeness (QED) is 0.133. The minimum atomic E-state index is -4.84. The first-order valence-electron chi connectivity index (χ1n) is 10.9. The second-order valence-corrected chi connectivity index (χ2v) is 14.4. The summed E-state index contributed by atoms with van der Waals surface area (Å²) in [5.74, 6) is -0.206. The summed E-state index contributed by atoms with van der Waals surface area (Å²) in [6.45, 7) is 0.0301. The molecular weight excluding hydrogens is 615 g/mol. The van der Waals surface area contributed by atoms with Crippen LogP contribution in [0.25, 0.3) is 0 Å². The Bertz CT molecular complexity index is 1860. The first-order valence-corrected chi connectivity index (χ1v) is 17.1. The first-order chi connectivity index (χ1) is 18.3. The molecule has 5 N–H and O–H groups in total. The van der Waals surface area contributed by atoms with Gasteiger partial charge in [-0.1, -0.05) is 6.07 Å². The zero-order valence-corrected chi connectivity index (χ0v) is 23.7. The number of nitrogens with one attached hydrogen (secondary N) is 2. The molecule has 0 atom stereocenters. The molecule has 218 valence electrons. The third-order valence-electron chi connectivity index (χ3n) is 5.01. The van der Waals surface area contributed by atoms with Gasteiger partial charge in [-0.3, -0.25) is 13.7 Å². The van der Waals surface area contributed by atoms with Gasteiger partial charge in [-0.25, -0.2) is 18.1 Å². The summed E-state index contributed by atoms with van der Waals surface area (Å²) in [5, 5.41) is 2.73. The Kier molecular flexibility index (Phi) is 9.26. The maximum Gasteiger partial charge on any atom is 0.294 e. The van der Waals surface area contributed by atoms with Crippen molar-refractivity contribution in [1.82, 2.24) is 19.7 Å². The van der Waals surface area contributed by atoms with E-state index in [1.54, 1.807) is 0 Å². The average Bonchev–Trinajstić information content (AvgIpc) is 2.79. The first kappa shape index (κ1) is 31.4. The minimum absolute atomic E-state index is 0.0301. The van der Waals surface area contributed by atoms with Crippen LogP contribution in [0.4, 0.5) is 11.6 Å². The van der Waals surface area contributed by atoms with Crippen molar-refractivity contribution in [1.29, 1.82) is 0 Å². The van der Waals surface area contributed by atoms with Gasteiger partial charge < -0.3 is 5.32 Å². The predicted octanol–water partition coefficient (Wildman–Crippen LogP) is 0.428. The molecule has 1 heterocycles. The van der Waals surface area contributed by atoms with Gasteiger partial charge in [0, 0.05) is 25.1 Å². The fraction of sp³-hybridized carbons (Fsp3) is 0.250. The van der Waals surface area contributed by atoms with Gasteiger partial charge in [-0.2, -0.15) is 35.2 Å². The van der Waals surface area contributed by atoms with Gasteiger partial charge in [-0.15, -0.1) is 0 Å². The molecule has 0 fully saturated rings. The van der Waals surface area contributed by atoms with Crippen LogP contribution in [0, 0.1) is 0 Å². The Hall–Kier alpha value is -3.11. The van der Waals surface area contributed by atoms with Crippen LogP contribution >= 0.6 is 0 Å². The highest BCUT2D eigenvalue weighted by atomic mass is 32.2. The van der Waals surface area contributed by atoms with Crippen LogP contribution in [0.3, 0.4) is 0 Å². The van der Waals surface area contributed by atoms with Gasteiger partial charge in [0.25, 0.3) is 30.4 Å². The van der Waals surface area contributed by atoms with Crippen molar-refractivity contribution in [3.05, 3.63) is 59.7 Å². The van der Waals surface area contributed by atoms with E-state index in [4.69, 9.17) is 0 Å². The Labute approximate surface area is 230 Å². The number of hydrogen-bond acceptors (Lipinski definition) is 12. The number of hydrogen-bond donors (Lipinski definition) is 5. The average molecular weight is 638 g/mol. The number of aromatic nitrogens is 3. The largest absolute Gasteiger partial charge is 0.324 e. The molecule has 0 aliphatic heterocycles. The summed E-state index contributed by atoms with van der Waals surface area (Å²) in [4.78, 5) is 10.8. The molecule has 0 radical (unpaired) electrons. The number of rotatable bonds is 12. The van der Waals surface area contributed by atoms with Crippen molar-refractivity contribution in [2.45, 2.75) is 33.9 Å². The summed E-state index contributed by atoms with van der Waals surface area (Å²) in [5.41, 5.74) is -0.156. The molecule has 0 aliphatic rings. The van der Waals surface area contributed by atoms with Crippen LogP contribution in [-0.4, -0.2) is 75.1 Å². The smallest absolute Gasteiger partial charge is 0.294 e. The van der Waals surface area contributed by atoms with Crippen LogP contribution < -0.4 is 10.0 Å². The van der Waals surface area contributed by atoms with Gasteiger partial charge in [-0.05, 0) is 48.4 Å². The van der Waals surface area contributed by atoms with Gasteiger partial charge >= 0.3 is 0 Å². The van der Waals surface area contributed by atoms with Gasteiger partial charge in [0.05, 0.1) is 20.9 Å². The molecule has 0 spiro atoms. The van der Waals surface area contributed by atoms with Gasteiger partial charge in [0.2, 0.25) is 16.0 Å². The normalized spacial score (nSPS) is 12.8.